The van der Waals surface area contributed by atoms with E-state index in [4.69, 9.17) is 10.2 Å². The fraction of sp³-hybridized carbons (Fsp3) is 0.368. The van der Waals surface area contributed by atoms with Crippen LogP contribution in [0.4, 0.5) is 0 Å². The molecular formula is C19H21NO4. The second-order valence-corrected chi connectivity index (χ2v) is 6.31. The van der Waals surface area contributed by atoms with E-state index in [1.165, 1.54) is 0 Å². The largest absolute Gasteiger partial charge is 0.393 e. The van der Waals surface area contributed by atoms with Gasteiger partial charge in [-0.05, 0) is 49.6 Å². The summed E-state index contributed by atoms with van der Waals surface area (Å²) in [6.07, 6.45) is 3.97. The average Bonchev–Trinajstić information content (AvgIpc) is 2.77. The van der Waals surface area contributed by atoms with Crippen LogP contribution in [0.25, 0.3) is 10.8 Å². The summed E-state index contributed by atoms with van der Waals surface area (Å²) < 4.78 is 0. The summed E-state index contributed by atoms with van der Waals surface area (Å²) in [6.45, 7) is 0. The zero-order chi connectivity index (χ0) is 17.1. The van der Waals surface area contributed by atoms with Gasteiger partial charge in [-0.1, -0.05) is 24.3 Å². The highest BCUT2D eigenvalue weighted by molar-refractivity contribution is 6.25. The van der Waals surface area contributed by atoms with Crippen LogP contribution >= 0.6 is 0 Å². The van der Waals surface area contributed by atoms with Crippen LogP contribution in [0, 0.1) is 0 Å². The zero-order valence-corrected chi connectivity index (χ0v) is 13.4. The summed E-state index contributed by atoms with van der Waals surface area (Å²) in [7, 11) is 0. The first-order valence-corrected chi connectivity index (χ1v) is 8.30. The second kappa shape index (κ2) is 7.11. The first kappa shape index (κ1) is 16.6. The summed E-state index contributed by atoms with van der Waals surface area (Å²) in [5.41, 5.74) is 1.14. The van der Waals surface area contributed by atoms with E-state index >= 15 is 0 Å². The fourth-order valence-corrected chi connectivity index (χ4v) is 3.22. The van der Waals surface area contributed by atoms with Gasteiger partial charge in [-0.2, -0.15) is 0 Å². The quantitative estimate of drug-likeness (QED) is 0.512. The van der Waals surface area contributed by atoms with Crippen LogP contribution in [0.1, 0.15) is 52.8 Å². The predicted octanol–water partition coefficient (Wildman–Crippen LogP) is 2.40. The predicted molar refractivity (Wildman–Crippen MR) is 90.8 cm³/mol. The number of imide groups is 1. The van der Waals surface area contributed by atoms with Gasteiger partial charge in [0.2, 0.25) is 0 Å². The molecular weight excluding hydrogens is 306 g/mol. The molecule has 0 saturated heterocycles. The number of nitrogens with one attached hydrogen (secondary N) is 1. The van der Waals surface area contributed by atoms with Crippen molar-refractivity contribution in [2.45, 2.75) is 44.3 Å². The molecule has 126 valence electrons. The van der Waals surface area contributed by atoms with Crippen molar-refractivity contribution in [1.82, 2.24) is 5.32 Å². The lowest BCUT2D eigenvalue weighted by Crippen LogP contribution is -2.34. The normalized spacial score (nSPS) is 23.1. The second-order valence-electron chi connectivity index (χ2n) is 6.31. The number of aliphatic hydroxyl groups is 2. The summed E-state index contributed by atoms with van der Waals surface area (Å²) in [4.78, 5) is 23.1. The molecule has 1 saturated carbocycles. The molecule has 1 heterocycles. The van der Waals surface area contributed by atoms with Crippen molar-refractivity contribution in [3.63, 3.8) is 0 Å². The number of amides is 2. The molecule has 5 nitrogen and oxygen atoms in total. The Morgan fingerprint density at radius 3 is 1.79 bits per heavy atom. The highest BCUT2D eigenvalue weighted by atomic mass is 16.3. The van der Waals surface area contributed by atoms with E-state index in [1.54, 1.807) is 12.1 Å². The highest BCUT2D eigenvalue weighted by Gasteiger charge is 2.23. The third kappa shape index (κ3) is 3.47. The van der Waals surface area contributed by atoms with Crippen molar-refractivity contribution in [3.05, 3.63) is 47.5 Å². The highest BCUT2D eigenvalue weighted by Crippen LogP contribution is 2.25. The number of benzene rings is 2. The van der Waals surface area contributed by atoms with Crippen LogP contribution in [0.2, 0.25) is 0 Å². The van der Waals surface area contributed by atoms with Crippen LogP contribution in [-0.2, 0) is 0 Å². The zero-order valence-electron chi connectivity index (χ0n) is 13.4. The lowest BCUT2D eigenvalue weighted by Gasteiger charge is -2.15. The molecule has 0 aromatic heterocycles. The van der Waals surface area contributed by atoms with Crippen LogP contribution in [0.15, 0.2) is 36.4 Å². The van der Waals surface area contributed by atoms with Crippen molar-refractivity contribution < 1.29 is 19.8 Å². The van der Waals surface area contributed by atoms with E-state index in [2.05, 4.69) is 5.32 Å². The SMILES string of the molecule is O=C1NC(=O)c2cccc3cccc1c23.O[C@@H]1CCC[C@H](O)CC1. The third-order valence-electron chi connectivity index (χ3n) is 4.53. The van der Waals surface area contributed by atoms with Crippen LogP contribution in [0.3, 0.4) is 0 Å². The molecule has 5 heteroatoms. The van der Waals surface area contributed by atoms with Crippen LogP contribution in [-0.4, -0.2) is 34.2 Å². The van der Waals surface area contributed by atoms with Gasteiger partial charge < -0.3 is 10.2 Å². The molecule has 2 atom stereocenters. The average molecular weight is 327 g/mol. The van der Waals surface area contributed by atoms with Crippen LogP contribution in [0.5, 0.6) is 0 Å². The topological polar surface area (TPSA) is 86.6 Å². The van der Waals surface area contributed by atoms with E-state index in [1.807, 2.05) is 24.3 Å². The van der Waals surface area contributed by atoms with E-state index in [0.717, 1.165) is 42.9 Å². The fourth-order valence-electron chi connectivity index (χ4n) is 3.22. The molecule has 2 amide bonds. The van der Waals surface area contributed by atoms with Crippen molar-refractivity contribution in [2.75, 3.05) is 0 Å². The van der Waals surface area contributed by atoms with Gasteiger partial charge >= 0.3 is 0 Å². The van der Waals surface area contributed by atoms with Gasteiger partial charge in [0.25, 0.3) is 11.8 Å². The minimum absolute atomic E-state index is 0.151. The maximum absolute atomic E-state index is 11.6. The summed E-state index contributed by atoms with van der Waals surface area (Å²) >= 11 is 0. The Labute approximate surface area is 140 Å². The monoisotopic (exact) mass is 327 g/mol. The van der Waals surface area contributed by atoms with Gasteiger partial charge in [-0.25, -0.2) is 0 Å². The Bertz CT molecular complexity index is 712. The van der Waals surface area contributed by atoms with Gasteiger partial charge in [0.15, 0.2) is 0 Å². The maximum atomic E-state index is 11.6. The smallest absolute Gasteiger partial charge is 0.258 e. The molecule has 2 aromatic rings. The molecule has 1 aliphatic heterocycles. The standard InChI is InChI=1S/C12H7NO2.C7H14O2/c14-11-8-5-1-3-7-4-2-6-9(10(7)8)12(15)13-11;8-6-2-1-3-7(9)5-4-6/h1-6H,(H,13,14,15);6-9H,1-5H2/t;6-,7+. The van der Waals surface area contributed by atoms with Crippen molar-refractivity contribution in [1.29, 1.82) is 0 Å². The molecule has 3 N–H and O–H groups in total. The molecule has 0 bridgehead atoms. The Kier molecular flexibility index (Phi) is 4.92. The number of carbonyl (C=O) groups is 2. The molecule has 0 spiro atoms. The third-order valence-corrected chi connectivity index (χ3v) is 4.53. The molecule has 1 fully saturated rings. The number of hydrogen-bond acceptors (Lipinski definition) is 4. The molecule has 2 aromatic carbocycles. The maximum Gasteiger partial charge on any atom is 0.258 e. The van der Waals surface area contributed by atoms with Crippen LogP contribution < -0.4 is 5.32 Å². The summed E-state index contributed by atoms with van der Waals surface area (Å²) in [5, 5.41) is 22.2. The number of aliphatic hydroxyl groups excluding tert-OH is 2. The Hall–Kier alpha value is -2.24. The van der Waals surface area contributed by atoms with Gasteiger partial charge in [0.05, 0.1) is 12.2 Å². The van der Waals surface area contributed by atoms with Gasteiger partial charge in [-0.3, -0.25) is 14.9 Å². The molecule has 0 radical (unpaired) electrons. The number of carbonyl (C=O) groups excluding carboxylic acids is 2. The van der Waals surface area contributed by atoms with E-state index in [0.29, 0.717) is 11.1 Å². The first-order chi connectivity index (χ1) is 11.6. The Balaban J connectivity index is 0.000000162. The lowest BCUT2D eigenvalue weighted by atomic mass is 9.95. The minimum atomic E-state index is -0.315. The molecule has 1 aliphatic carbocycles. The molecule has 24 heavy (non-hydrogen) atoms. The number of rotatable bonds is 0. The summed E-state index contributed by atoms with van der Waals surface area (Å²) in [5.74, 6) is -0.631. The first-order valence-electron chi connectivity index (χ1n) is 8.30. The van der Waals surface area contributed by atoms with Gasteiger partial charge in [0.1, 0.15) is 0 Å². The molecule has 4 rings (SSSR count). The van der Waals surface area contributed by atoms with Gasteiger partial charge in [0, 0.05) is 16.5 Å². The lowest BCUT2D eigenvalue weighted by molar-refractivity contribution is 0.0845. The Morgan fingerprint density at radius 2 is 1.29 bits per heavy atom. The van der Waals surface area contributed by atoms with Crippen molar-refractivity contribution >= 4 is 22.6 Å². The van der Waals surface area contributed by atoms with Crippen molar-refractivity contribution in [3.8, 4) is 0 Å². The van der Waals surface area contributed by atoms with E-state index in [-0.39, 0.29) is 24.0 Å². The molecule has 2 aliphatic rings. The van der Waals surface area contributed by atoms with Crippen molar-refractivity contribution in [2.24, 2.45) is 0 Å². The van der Waals surface area contributed by atoms with Gasteiger partial charge in [-0.15, -0.1) is 0 Å². The van der Waals surface area contributed by atoms with E-state index < -0.39 is 0 Å². The number of hydrogen-bond donors (Lipinski definition) is 3. The molecule has 0 unspecified atom stereocenters. The van der Waals surface area contributed by atoms with E-state index in [9.17, 15) is 9.59 Å². The Morgan fingerprint density at radius 1 is 0.792 bits per heavy atom. The minimum Gasteiger partial charge on any atom is -0.393 e. The summed E-state index contributed by atoms with van der Waals surface area (Å²) in [6, 6.07) is 10.9.